The second kappa shape index (κ2) is 7.82. The topological polar surface area (TPSA) is 116 Å². The summed E-state index contributed by atoms with van der Waals surface area (Å²) in [6.45, 7) is 2.40. The number of carbonyl (C=O) groups is 1. The Labute approximate surface area is 152 Å². The molecule has 26 heavy (non-hydrogen) atoms. The highest BCUT2D eigenvalue weighted by Gasteiger charge is 2.28. The van der Waals surface area contributed by atoms with Gasteiger partial charge in [0.2, 0.25) is 0 Å². The van der Waals surface area contributed by atoms with Crippen LogP contribution in [0.15, 0.2) is 12.1 Å². The molecular formula is C18H25N5O3. The summed E-state index contributed by atoms with van der Waals surface area (Å²) in [6, 6.07) is 3.74. The van der Waals surface area contributed by atoms with Crippen molar-refractivity contribution in [3.63, 3.8) is 0 Å². The van der Waals surface area contributed by atoms with Gasteiger partial charge in [0.25, 0.3) is 0 Å². The number of nitrogens with zero attached hydrogens (tertiary/aromatic N) is 4. The minimum Gasteiger partial charge on any atom is -0.489 e. The number of nitrogens with two attached hydrogens (primary N) is 1. The molecule has 1 saturated carbocycles. The van der Waals surface area contributed by atoms with Crippen LogP contribution in [0.3, 0.4) is 0 Å². The average molecular weight is 359 g/mol. The molecule has 0 bridgehead atoms. The molecule has 1 aliphatic carbocycles. The molecule has 3 rings (SSSR count). The molecule has 0 saturated heterocycles. The van der Waals surface area contributed by atoms with Crippen LogP contribution in [0.1, 0.15) is 37.1 Å². The van der Waals surface area contributed by atoms with E-state index in [0.717, 1.165) is 42.0 Å². The molecular weight excluding hydrogens is 334 g/mol. The van der Waals surface area contributed by atoms with Crippen LogP contribution in [-0.4, -0.2) is 43.7 Å². The molecule has 0 radical (unpaired) electrons. The van der Waals surface area contributed by atoms with Gasteiger partial charge in [0, 0.05) is 13.5 Å². The predicted molar refractivity (Wildman–Crippen MR) is 95.7 cm³/mol. The molecule has 2 atom stereocenters. The second-order valence-electron chi connectivity index (χ2n) is 6.77. The first-order chi connectivity index (χ1) is 12.5. The van der Waals surface area contributed by atoms with Crippen LogP contribution < -0.4 is 10.5 Å². The monoisotopic (exact) mass is 359 g/mol. The predicted octanol–water partition coefficient (Wildman–Crippen LogP) is 1.71. The summed E-state index contributed by atoms with van der Waals surface area (Å²) in [5.74, 6) is -0.368. The van der Waals surface area contributed by atoms with Gasteiger partial charge in [0.05, 0.1) is 29.1 Å². The third kappa shape index (κ3) is 3.85. The van der Waals surface area contributed by atoms with Crippen molar-refractivity contribution in [1.82, 2.24) is 20.0 Å². The fourth-order valence-corrected chi connectivity index (χ4v) is 3.45. The smallest absolute Gasteiger partial charge is 0.306 e. The van der Waals surface area contributed by atoms with Crippen LogP contribution >= 0.6 is 0 Å². The van der Waals surface area contributed by atoms with Crippen molar-refractivity contribution in [2.24, 2.45) is 18.7 Å². The molecule has 0 amide bonds. The van der Waals surface area contributed by atoms with Gasteiger partial charge in [0.15, 0.2) is 0 Å². The van der Waals surface area contributed by atoms with Crippen molar-refractivity contribution >= 4 is 5.97 Å². The van der Waals surface area contributed by atoms with Crippen LogP contribution in [0.4, 0.5) is 0 Å². The number of carboxylic acid groups (broad SMARTS) is 1. The minimum atomic E-state index is -0.737. The lowest BCUT2D eigenvalue weighted by atomic mass is 9.87. The van der Waals surface area contributed by atoms with E-state index in [4.69, 9.17) is 10.5 Å². The van der Waals surface area contributed by atoms with E-state index in [9.17, 15) is 9.90 Å². The van der Waals surface area contributed by atoms with E-state index >= 15 is 0 Å². The van der Waals surface area contributed by atoms with E-state index < -0.39 is 5.97 Å². The van der Waals surface area contributed by atoms with Gasteiger partial charge in [-0.05, 0) is 51.3 Å². The molecule has 0 unspecified atom stereocenters. The first-order valence-electron chi connectivity index (χ1n) is 8.95. The van der Waals surface area contributed by atoms with E-state index in [2.05, 4.69) is 15.3 Å². The zero-order valence-corrected chi connectivity index (χ0v) is 15.2. The number of hydrogen-bond donors (Lipinski definition) is 2. The Morgan fingerprint density at radius 2 is 2.23 bits per heavy atom. The van der Waals surface area contributed by atoms with E-state index in [1.807, 2.05) is 26.1 Å². The van der Waals surface area contributed by atoms with E-state index in [0.29, 0.717) is 25.1 Å². The zero-order chi connectivity index (χ0) is 18.7. The lowest BCUT2D eigenvalue weighted by Gasteiger charge is -2.27. The number of pyridine rings is 1. The fourth-order valence-electron chi connectivity index (χ4n) is 3.45. The summed E-state index contributed by atoms with van der Waals surface area (Å²) < 4.78 is 7.77. The number of ether oxygens (including phenoxy) is 1. The van der Waals surface area contributed by atoms with E-state index in [1.165, 1.54) is 0 Å². The molecule has 2 aromatic rings. The first kappa shape index (κ1) is 18.3. The lowest BCUT2D eigenvalue weighted by Crippen LogP contribution is -2.29. The summed E-state index contributed by atoms with van der Waals surface area (Å²) in [4.78, 5) is 15.8. The van der Waals surface area contributed by atoms with Gasteiger partial charge in [0.1, 0.15) is 11.4 Å². The molecule has 2 aromatic heterocycles. The Morgan fingerprint density at radius 3 is 2.92 bits per heavy atom. The summed E-state index contributed by atoms with van der Waals surface area (Å²) in [7, 11) is 1.84. The Morgan fingerprint density at radius 1 is 1.42 bits per heavy atom. The zero-order valence-electron chi connectivity index (χ0n) is 15.2. The molecule has 0 aromatic carbocycles. The fraction of sp³-hybridized carbons (Fsp3) is 0.556. The Kier molecular flexibility index (Phi) is 5.51. The van der Waals surface area contributed by atoms with Crippen molar-refractivity contribution in [1.29, 1.82) is 0 Å². The summed E-state index contributed by atoms with van der Waals surface area (Å²) in [5.41, 5.74) is 8.85. The van der Waals surface area contributed by atoms with Crippen LogP contribution in [0, 0.1) is 12.8 Å². The van der Waals surface area contributed by atoms with Crippen molar-refractivity contribution in [3.8, 4) is 17.1 Å². The Hall–Kier alpha value is -2.48. The van der Waals surface area contributed by atoms with Crippen molar-refractivity contribution in [2.75, 3.05) is 6.54 Å². The summed E-state index contributed by atoms with van der Waals surface area (Å²) in [5, 5.41) is 17.5. The molecule has 3 N–H and O–H groups in total. The highest BCUT2D eigenvalue weighted by molar-refractivity contribution is 5.70. The summed E-state index contributed by atoms with van der Waals surface area (Å²) >= 11 is 0. The molecule has 8 nitrogen and oxygen atoms in total. The summed E-state index contributed by atoms with van der Waals surface area (Å²) in [6.07, 6.45) is 3.60. The first-order valence-corrected chi connectivity index (χ1v) is 8.95. The molecule has 0 spiro atoms. The third-order valence-electron chi connectivity index (χ3n) is 4.87. The Bertz CT molecular complexity index is 789. The molecule has 2 heterocycles. The van der Waals surface area contributed by atoms with Crippen LogP contribution in [0.25, 0.3) is 11.4 Å². The molecule has 1 aliphatic rings. The SMILES string of the molecule is Cc1nc(-c2nnn(C)c2CCN)ccc1O[C@H]1CCC[C@H](C(=O)O)C1. The van der Waals surface area contributed by atoms with E-state index in [1.54, 1.807) is 4.68 Å². The van der Waals surface area contributed by atoms with Crippen molar-refractivity contribution in [3.05, 3.63) is 23.5 Å². The quantitative estimate of drug-likeness (QED) is 0.806. The normalized spacial score (nSPS) is 20.1. The average Bonchev–Trinajstić information content (AvgIpc) is 2.98. The lowest BCUT2D eigenvalue weighted by molar-refractivity contribution is -0.143. The van der Waals surface area contributed by atoms with Crippen molar-refractivity contribution in [2.45, 2.75) is 45.1 Å². The number of hydrogen-bond acceptors (Lipinski definition) is 6. The number of aliphatic carboxylic acids is 1. The van der Waals surface area contributed by atoms with Gasteiger partial charge in [-0.15, -0.1) is 5.10 Å². The van der Waals surface area contributed by atoms with Gasteiger partial charge in [-0.25, -0.2) is 4.98 Å². The standard InChI is InChI=1S/C18H25N5O3/c1-11-16(26-13-5-3-4-12(10-13)18(24)25)7-6-14(20-11)17-15(8-9-19)23(2)22-21-17/h6-7,12-13H,3-5,8-10,19H2,1-2H3,(H,24,25)/t12-,13-/m0/s1. The third-order valence-corrected chi connectivity index (χ3v) is 4.87. The number of aromatic nitrogens is 4. The Balaban J connectivity index is 1.77. The molecule has 0 aliphatic heterocycles. The molecule has 8 heteroatoms. The number of aryl methyl sites for hydroxylation is 2. The largest absolute Gasteiger partial charge is 0.489 e. The van der Waals surface area contributed by atoms with Crippen LogP contribution in [0.5, 0.6) is 5.75 Å². The van der Waals surface area contributed by atoms with Crippen LogP contribution in [0.2, 0.25) is 0 Å². The highest BCUT2D eigenvalue weighted by atomic mass is 16.5. The number of rotatable bonds is 6. The van der Waals surface area contributed by atoms with Crippen molar-refractivity contribution < 1.29 is 14.6 Å². The van der Waals surface area contributed by atoms with Gasteiger partial charge in [-0.2, -0.15) is 0 Å². The van der Waals surface area contributed by atoms with Gasteiger partial charge >= 0.3 is 5.97 Å². The highest BCUT2D eigenvalue weighted by Crippen LogP contribution is 2.30. The van der Waals surface area contributed by atoms with E-state index in [-0.39, 0.29) is 12.0 Å². The van der Waals surface area contributed by atoms with Gasteiger partial charge in [-0.3, -0.25) is 9.48 Å². The van der Waals surface area contributed by atoms with Gasteiger partial charge < -0.3 is 15.6 Å². The maximum Gasteiger partial charge on any atom is 0.306 e. The molecule has 140 valence electrons. The molecule has 1 fully saturated rings. The second-order valence-corrected chi connectivity index (χ2v) is 6.77. The maximum atomic E-state index is 11.2. The van der Waals surface area contributed by atoms with Crippen LogP contribution in [-0.2, 0) is 18.3 Å². The minimum absolute atomic E-state index is 0.0829. The number of carboxylic acids is 1. The maximum absolute atomic E-state index is 11.2. The van der Waals surface area contributed by atoms with Gasteiger partial charge in [-0.1, -0.05) is 5.21 Å².